The van der Waals surface area contributed by atoms with Crippen LogP contribution in [-0.4, -0.2) is 29.2 Å². The van der Waals surface area contributed by atoms with Gasteiger partial charge in [0.2, 0.25) is 0 Å². The molecule has 1 heterocycles. The Hall–Kier alpha value is -3.58. The van der Waals surface area contributed by atoms with Crippen molar-refractivity contribution in [1.82, 2.24) is 4.90 Å². The maximum Gasteiger partial charge on any atom is 0.293 e. The smallest absolute Gasteiger partial charge is 0.293 e. The molecule has 1 saturated heterocycles. The fourth-order valence-electron chi connectivity index (χ4n) is 3.08. The highest BCUT2D eigenvalue weighted by Gasteiger charge is 2.35. The number of rotatable bonds is 8. The first-order chi connectivity index (χ1) is 15.6. The minimum atomic E-state index is -0.356. The van der Waals surface area contributed by atoms with Crippen molar-refractivity contribution in [2.24, 2.45) is 0 Å². The highest BCUT2D eigenvalue weighted by atomic mass is 32.2. The van der Waals surface area contributed by atoms with Crippen molar-refractivity contribution in [3.63, 3.8) is 0 Å². The summed E-state index contributed by atoms with van der Waals surface area (Å²) in [6.07, 6.45) is 1.66. The zero-order valence-corrected chi connectivity index (χ0v) is 17.9. The number of hydrogen-bond acceptors (Lipinski definition) is 5. The van der Waals surface area contributed by atoms with Crippen molar-refractivity contribution in [2.75, 3.05) is 13.2 Å². The van der Waals surface area contributed by atoms with E-state index in [0.29, 0.717) is 22.0 Å². The number of carbonyl (C=O) groups is 2. The molecule has 3 aromatic carbocycles. The van der Waals surface area contributed by atoms with Crippen LogP contribution in [0.4, 0.5) is 9.18 Å². The van der Waals surface area contributed by atoms with Crippen molar-refractivity contribution < 1.29 is 23.5 Å². The second-order valence-corrected chi connectivity index (χ2v) is 7.94. The van der Waals surface area contributed by atoms with Crippen LogP contribution < -0.4 is 9.47 Å². The normalized spacial score (nSPS) is 14.8. The number of ether oxygens (including phenoxy) is 2. The number of benzene rings is 3. The van der Waals surface area contributed by atoms with E-state index in [9.17, 15) is 14.0 Å². The molecule has 0 spiro atoms. The Morgan fingerprint density at radius 1 is 0.875 bits per heavy atom. The maximum absolute atomic E-state index is 13.1. The van der Waals surface area contributed by atoms with E-state index in [1.165, 1.54) is 17.0 Å². The first kappa shape index (κ1) is 21.6. The summed E-state index contributed by atoms with van der Waals surface area (Å²) < 4.78 is 24.6. The number of para-hydroxylation sites is 2. The SMILES string of the molecule is O=C1S/C(=C\c2ccccc2OCc2ccc(F)cc2)C(=O)N1CCOc1ccccc1. The third-order valence-corrected chi connectivity index (χ3v) is 5.62. The van der Waals surface area contributed by atoms with Gasteiger partial charge in [0.25, 0.3) is 11.1 Å². The van der Waals surface area contributed by atoms with Gasteiger partial charge in [0.15, 0.2) is 0 Å². The minimum Gasteiger partial charge on any atom is -0.492 e. The van der Waals surface area contributed by atoms with Crippen LogP contribution in [0, 0.1) is 5.82 Å². The third kappa shape index (κ3) is 5.36. The van der Waals surface area contributed by atoms with Crippen LogP contribution in [0.15, 0.2) is 83.8 Å². The van der Waals surface area contributed by atoms with Gasteiger partial charge < -0.3 is 9.47 Å². The monoisotopic (exact) mass is 449 g/mol. The lowest BCUT2D eigenvalue weighted by atomic mass is 10.1. The van der Waals surface area contributed by atoms with E-state index in [-0.39, 0.29) is 36.7 Å². The predicted octanol–water partition coefficient (Wildman–Crippen LogP) is 5.52. The van der Waals surface area contributed by atoms with Crippen molar-refractivity contribution in [3.05, 3.63) is 101 Å². The number of amides is 2. The minimum absolute atomic E-state index is 0.166. The largest absolute Gasteiger partial charge is 0.492 e. The molecule has 0 unspecified atom stereocenters. The molecular formula is C25H20FNO4S. The van der Waals surface area contributed by atoms with Gasteiger partial charge in [-0.15, -0.1) is 0 Å². The molecule has 0 bridgehead atoms. The molecule has 7 heteroatoms. The van der Waals surface area contributed by atoms with Gasteiger partial charge in [0, 0.05) is 5.56 Å². The highest BCUT2D eigenvalue weighted by molar-refractivity contribution is 8.18. The summed E-state index contributed by atoms with van der Waals surface area (Å²) >= 11 is 0.893. The number of nitrogens with zero attached hydrogens (tertiary/aromatic N) is 1. The molecule has 1 aliphatic rings. The Morgan fingerprint density at radius 2 is 1.59 bits per heavy atom. The molecule has 5 nitrogen and oxygen atoms in total. The Bertz CT molecular complexity index is 1130. The third-order valence-electron chi connectivity index (χ3n) is 4.71. The Kier molecular flexibility index (Phi) is 6.87. The Balaban J connectivity index is 1.41. The number of carbonyl (C=O) groups excluding carboxylic acids is 2. The molecule has 0 saturated carbocycles. The second kappa shape index (κ2) is 10.2. The summed E-state index contributed by atoms with van der Waals surface area (Å²) in [5.41, 5.74) is 1.50. The van der Waals surface area contributed by atoms with Gasteiger partial charge in [-0.2, -0.15) is 0 Å². The zero-order chi connectivity index (χ0) is 22.3. The van der Waals surface area contributed by atoms with Gasteiger partial charge in [-0.3, -0.25) is 14.5 Å². The summed E-state index contributed by atoms with van der Waals surface area (Å²) in [5, 5.41) is -0.331. The number of halogens is 1. The molecule has 0 atom stereocenters. The highest BCUT2D eigenvalue weighted by Crippen LogP contribution is 2.34. The fourth-order valence-corrected chi connectivity index (χ4v) is 3.93. The Labute approximate surface area is 189 Å². The van der Waals surface area contributed by atoms with Crippen molar-refractivity contribution in [1.29, 1.82) is 0 Å². The summed E-state index contributed by atoms with van der Waals surface area (Å²) in [6, 6.07) is 22.5. The van der Waals surface area contributed by atoms with Crippen LogP contribution in [0.1, 0.15) is 11.1 Å². The molecule has 162 valence electrons. The topological polar surface area (TPSA) is 55.8 Å². The van der Waals surface area contributed by atoms with Gasteiger partial charge >= 0.3 is 0 Å². The lowest BCUT2D eigenvalue weighted by Gasteiger charge is -2.13. The van der Waals surface area contributed by atoms with Crippen molar-refractivity contribution >= 4 is 29.0 Å². The van der Waals surface area contributed by atoms with Gasteiger partial charge in [-0.25, -0.2) is 4.39 Å². The molecule has 32 heavy (non-hydrogen) atoms. The average molecular weight is 450 g/mol. The molecule has 0 N–H and O–H groups in total. The van der Waals surface area contributed by atoms with E-state index >= 15 is 0 Å². The molecule has 4 rings (SSSR count). The van der Waals surface area contributed by atoms with Crippen molar-refractivity contribution in [2.45, 2.75) is 6.61 Å². The number of imide groups is 1. The molecular weight excluding hydrogens is 429 g/mol. The van der Waals surface area contributed by atoms with Crippen LogP contribution in [0.3, 0.4) is 0 Å². The van der Waals surface area contributed by atoms with Crippen LogP contribution in [0.2, 0.25) is 0 Å². The molecule has 0 aliphatic carbocycles. The van der Waals surface area contributed by atoms with E-state index < -0.39 is 0 Å². The van der Waals surface area contributed by atoms with Crippen LogP contribution >= 0.6 is 11.8 Å². The van der Waals surface area contributed by atoms with Gasteiger partial charge in [-0.1, -0.05) is 48.5 Å². The van der Waals surface area contributed by atoms with E-state index in [1.807, 2.05) is 48.5 Å². The van der Waals surface area contributed by atoms with Gasteiger partial charge in [-0.05, 0) is 53.7 Å². The van der Waals surface area contributed by atoms with Crippen LogP contribution in [0.5, 0.6) is 11.5 Å². The second-order valence-electron chi connectivity index (χ2n) is 6.95. The average Bonchev–Trinajstić information content (AvgIpc) is 3.07. The van der Waals surface area contributed by atoms with E-state index in [0.717, 1.165) is 17.3 Å². The van der Waals surface area contributed by atoms with Gasteiger partial charge in [0.1, 0.15) is 30.5 Å². The Morgan fingerprint density at radius 3 is 2.38 bits per heavy atom. The molecule has 1 fully saturated rings. The predicted molar refractivity (Wildman–Crippen MR) is 122 cm³/mol. The fraction of sp³-hybridized carbons (Fsp3) is 0.120. The number of thioether (sulfide) groups is 1. The summed E-state index contributed by atoms with van der Waals surface area (Å²) in [7, 11) is 0. The first-order valence-electron chi connectivity index (χ1n) is 9.99. The first-order valence-corrected chi connectivity index (χ1v) is 10.8. The van der Waals surface area contributed by atoms with Crippen molar-refractivity contribution in [3.8, 4) is 11.5 Å². The molecule has 1 aliphatic heterocycles. The molecule has 0 radical (unpaired) electrons. The number of hydrogen-bond donors (Lipinski definition) is 0. The quantitative estimate of drug-likeness (QED) is 0.424. The summed E-state index contributed by atoms with van der Waals surface area (Å²) in [6.45, 7) is 0.635. The van der Waals surface area contributed by atoms with Crippen LogP contribution in [0.25, 0.3) is 6.08 Å². The van der Waals surface area contributed by atoms with E-state index in [2.05, 4.69) is 0 Å². The summed E-state index contributed by atoms with van der Waals surface area (Å²) in [4.78, 5) is 26.6. The summed E-state index contributed by atoms with van der Waals surface area (Å²) in [5.74, 6) is 0.585. The molecule has 3 aromatic rings. The van der Waals surface area contributed by atoms with E-state index in [4.69, 9.17) is 9.47 Å². The zero-order valence-electron chi connectivity index (χ0n) is 17.1. The lowest BCUT2D eigenvalue weighted by molar-refractivity contribution is -0.123. The van der Waals surface area contributed by atoms with Gasteiger partial charge in [0.05, 0.1) is 11.4 Å². The maximum atomic E-state index is 13.1. The molecule has 2 amide bonds. The lowest BCUT2D eigenvalue weighted by Crippen LogP contribution is -2.32. The molecule has 0 aromatic heterocycles. The van der Waals surface area contributed by atoms with E-state index in [1.54, 1.807) is 24.3 Å². The van der Waals surface area contributed by atoms with Crippen LogP contribution in [-0.2, 0) is 11.4 Å². The standard InChI is InChI=1S/C25H20FNO4S/c26-20-12-10-18(11-13-20)17-31-22-9-5-4-6-19(22)16-23-24(28)27(25(29)32-23)14-15-30-21-7-2-1-3-8-21/h1-13,16H,14-15,17H2/b23-16-.